The first kappa shape index (κ1) is 100. The number of fused-ring (bicyclic) bond motifs is 6. The van der Waals surface area contributed by atoms with E-state index in [0.29, 0.717) is 107 Å². The smallest absolute Gasteiger partial charge is 0.335 e. The molecule has 12 aliphatic rings. The van der Waals surface area contributed by atoms with Gasteiger partial charge < -0.3 is 72.1 Å². The summed E-state index contributed by atoms with van der Waals surface area (Å²) in [7, 11) is 8.19. The SMILES string of the molecule is C[C@@H]1[C@@H](NC(=O)[C@@H]2[C@H]([C@H](C)O)[C@H](CO)ON2Cc2cccc(-c3cccc(C(=O)NCCCCN(C)C)c3)c2)C[C@H]2C[C@@H]1C2(C)C.C[C@@H]1[C@@H](NC(=O)[C@@H]2[C@H]([C@H](C)O)[C@H](CO)ON2Cc2cccc(-c3cccc(C(=O)NCCCCN(C)C)c3)c2)C[C@H]2C[C@@H]1C2(C)C.C[C@@H]1[C@@H](NC(=O)[C@@H]2[C@H]([C@H](C)O)[C@H](CO)ON2Cc2cccc(-c3cccc(C(=O)O)c3)c2)C[C@H]2C[C@@H]1C2(C)C. The van der Waals surface area contributed by atoms with Gasteiger partial charge in [0, 0.05) is 60.1 Å². The molecule has 0 aromatic heterocycles. The van der Waals surface area contributed by atoms with Crippen molar-refractivity contribution < 1.29 is 79.0 Å². The second-order valence-corrected chi connectivity index (χ2v) is 41.9. The van der Waals surface area contributed by atoms with E-state index in [2.05, 4.69) is 98.7 Å². The summed E-state index contributed by atoms with van der Waals surface area (Å²) in [5.41, 5.74) is 10.4. The predicted octanol–water partition coefficient (Wildman–Crippen LogP) is 11.9. The van der Waals surface area contributed by atoms with Gasteiger partial charge in [-0.25, -0.2) is 4.79 Å². The molecule has 0 spiro atoms. The molecule has 9 saturated carbocycles. The maximum Gasteiger partial charge on any atom is 0.335 e. The van der Waals surface area contributed by atoms with Crippen LogP contribution in [-0.2, 0) is 48.5 Å². The molecule has 3 heterocycles. The summed E-state index contributed by atoms with van der Waals surface area (Å²) >= 11 is 0. The summed E-state index contributed by atoms with van der Waals surface area (Å²) in [4.78, 5) is 102. The van der Waals surface area contributed by atoms with Crippen molar-refractivity contribution in [2.75, 3.05) is 74.2 Å². The number of aliphatic hydroxyl groups is 6. The van der Waals surface area contributed by atoms with E-state index in [1.54, 1.807) is 54.2 Å². The number of nitrogens with zero attached hydrogens (tertiary/aromatic N) is 5. The largest absolute Gasteiger partial charge is 0.478 e. The molecule has 6 aromatic rings. The number of unbranched alkanes of at least 4 members (excludes halogenated alkanes) is 2. The third kappa shape index (κ3) is 22.6. The van der Waals surface area contributed by atoms with E-state index >= 15 is 0 Å². The Bertz CT molecular complexity index is 4700. The van der Waals surface area contributed by atoms with Crippen molar-refractivity contribution in [3.63, 3.8) is 0 Å². The third-order valence-electron chi connectivity index (χ3n) is 32.0. The number of hydrogen-bond donors (Lipinski definition) is 12. The zero-order valence-corrected chi connectivity index (χ0v) is 79.9. The summed E-state index contributed by atoms with van der Waals surface area (Å²) in [5, 5.41) is 92.9. The molecule has 26 heteroatoms. The van der Waals surface area contributed by atoms with Crippen molar-refractivity contribution >= 4 is 35.5 Å². The Balaban J connectivity index is 0.000000168. The van der Waals surface area contributed by atoms with Gasteiger partial charge in [0.2, 0.25) is 17.7 Å². The van der Waals surface area contributed by atoms with Crippen LogP contribution in [0, 0.1) is 87.3 Å². The van der Waals surface area contributed by atoms with Crippen LogP contribution < -0.4 is 26.6 Å². The van der Waals surface area contributed by atoms with E-state index in [-0.39, 0.29) is 79.6 Å². The Kier molecular flexibility index (Phi) is 32.9. The molecule has 0 radical (unpaired) electrons. The molecule has 12 fully saturated rings. The van der Waals surface area contributed by atoms with E-state index in [4.69, 9.17) is 14.5 Å². The number of carboxylic acid groups (broad SMARTS) is 1. The first-order valence-corrected chi connectivity index (χ1v) is 48.1. The molecule has 26 nitrogen and oxygen atoms in total. The van der Waals surface area contributed by atoms with Gasteiger partial charge in [-0.2, -0.15) is 15.2 Å². The predicted molar refractivity (Wildman–Crippen MR) is 505 cm³/mol. The van der Waals surface area contributed by atoms with Gasteiger partial charge in [-0.15, -0.1) is 0 Å². The van der Waals surface area contributed by atoms with Gasteiger partial charge in [0.25, 0.3) is 11.8 Å². The fourth-order valence-electron chi connectivity index (χ4n) is 23.8. The van der Waals surface area contributed by atoms with E-state index in [0.717, 1.165) is 108 Å². The van der Waals surface area contributed by atoms with Crippen LogP contribution >= 0.6 is 0 Å². The fraction of sp³-hybridized carbons (Fsp3) is 0.600. The molecule has 714 valence electrons. The molecule has 24 atom stereocenters. The van der Waals surface area contributed by atoms with E-state index in [1.807, 2.05) is 156 Å². The minimum Gasteiger partial charge on any atom is -0.478 e. The Morgan fingerprint density at radius 2 is 0.664 bits per heavy atom. The van der Waals surface area contributed by atoms with Crippen LogP contribution in [0.15, 0.2) is 146 Å². The maximum atomic E-state index is 14.0. The monoisotopic (exact) mass is 1810 g/mol. The van der Waals surface area contributed by atoms with Gasteiger partial charge in [0.1, 0.15) is 36.4 Å². The summed E-state index contributed by atoms with van der Waals surface area (Å²) < 4.78 is 0. The van der Waals surface area contributed by atoms with Crippen LogP contribution in [0.2, 0.25) is 0 Å². The minimum atomic E-state index is -0.986. The quantitative estimate of drug-likeness (QED) is 0.0167. The number of carboxylic acids is 1. The topological polar surface area (TPSA) is 348 Å². The fourth-order valence-corrected chi connectivity index (χ4v) is 23.8. The van der Waals surface area contributed by atoms with Crippen molar-refractivity contribution in [3.05, 3.63) is 179 Å². The van der Waals surface area contributed by atoms with Gasteiger partial charge in [0.05, 0.1) is 63.3 Å². The Hall–Kier alpha value is -8.42. The number of hydrogen-bond acceptors (Lipinski definition) is 20. The lowest BCUT2D eigenvalue weighted by atomic mass is 9.45. The maximum absolute atomic E-state index is 14.0. The van der Waals surface area contributed by atoms with Gasteiger partial charge in [-0.3, -0.25) is 38.5 Å². The first-order chi connectivity index (χ1) is 62.3. The highest BCUT2D eigenvalue weighted by molar-refractivity contribution is 5.96. The number of hydroxylamine groups is 6. The zero-order chi connectivity index (χ0) is 94.4. The highest BCUT2D eigenvalue weighted by atomic mass is 16.7. The number of carbonyl (C=O) groups excluding carboxylic acids is 5. The zero-order valence-electron chi connectivity index (χ0n) is 79.9. The number of aromatic carboxylic acids is 1. The average Bonchev–Trinajstić information content (AvgIpc) is 0.799. The van der Waals surface area contributed by atoms with Crippen LogP contribution in [0.1, 0.15) is 195 Å². The number of nitrogens with one attached hydrogen (secondary N) is 5. The van der Waals surface area contributed by atoms with Crippen molar-refractivity contribution in [2.45, 2.75) is 240 Å². The van der Waals surface area contributed by atoms with Crippen LogP contribution in [0.3, 0.4) is 0 Å². The minimum absolute atomic E-state index is 0.0730. The number of aliphatic hydroxyl groups excluding tert-OH is 6. The lowest BCUT2D eigenvalue weighted by molar-refractivity contribution is -0.183. The highest BCUT2D eigenvalue weighted by Crippen LogP contribution is 2.64. The molecule has 9 aliphatic carbocycles. The van der Waals surface area contributed by atoms with E-state index in [9.17, 15) is 64.5 Å². The summed E-state index contributed by atoms with van der Waals surface area (Å²) in [6.45, 7) is 28.9. The average molecular weight is 1810 g/mol. The van der Waals surface area contributed by atoms with Crippen LogP contribution in [-0.4, -0.2) is 243 Å². The first-order valence-electron chi connectivity index (χ1n) is 48.1. The highest BCUT2D eigenvalue weighted by Gasteiger charge is 2.61. The molecule has 12 N–H and O–H groups in total. The molecule has 5 amide bonds. The molecule has 3 saturated heterocycles. The van der Waals surface area contributed by atoms with Crippen molar-refractivity contribution in [1.82, 2.24) is 51.6 Å². The summed E-state index contributed by atoms with van der Waals surface area (Å²) in [6, 6.07) is 43.6. The number of rotatable bonds is 34. The number of amides is 5. The Morgan fingerprint density at radius 1 is 0.397 bits per heavy atom. The molecule has 0 unspecified atom stereocenters. The van der Waals surface area contributed by atoms with E-state index < -0.39 is 78.5 Å². The van der Waals surface area contributed by atoms with Gasteiger partial charge in [0.15, 0.2) is 0 Å². The summed E-state index contributed by atoms with van der Waals surface area (Å²) in [5.74, 6) is 1.27. The number of carbonyl (C=O) groups is 6. The second kappa shape index (κ2) is 43.1. The molecule has 18 rings (SSSR count). The molecule has 3 aliphatic heterocycles. The molecular weight excluding hydrogens is 1660 g/mol. The van der Waals surface area contributed by atoms with Crippen molar-refractivity contribution in [2.24, 2.45) is 87.3 Å². The Labute approximate surface area is 775 Å². The van der Waals surface area contributed by atoms with Crippen molar-refractivity contribution in [1.29, 1.82) is 0 Å². The van der Waals surface area contributed by atoms with Gasteiger partial charge in [-0.05, 0) is 300 Å². The second-order valence-electron chi connectivity index (χ2n) is 41.9. The van der Waals surface area contributed by atoms with Crippen molar-refractivity contribution in [3.8, 4) is 33.4 Å². The molecule has 6 bridgehead atoms. The molecule has 6 aromatic carbocycles. The lowest BCUT2D eigenvalue weighted by Gasteiger charge is -2.62. The Morgan fingerprint density at radius 3 is 0.916 bits per heavy atom. The number of benzene rings is 6. The molecular formula is C105H148N10O16. The van der Waals surface area contributed by atoms with Gasteiger partial charge in [-0.1, -0.05) is 153 Å². The van der Waals surface area contributed by atoms with E-state index in [1.165, 1.54) is 19.3 Å². The standard InChI is InChI=1S/2C37H54N4O5.C31H40N2O6/c2*1-23-30-19-29(37(30,3)4)20-31(23)39-36(45)34-33(24(2)43)32(22-42)46-41(34)21-25-11-9-12-26(17-25)27-13-10-14-28(18-27)35(44)38-15-7-8-16-40(5)6;1-17-24-13-23(31(24,3)4)14-25(17)32-29(36)28-27(18(2)35)26(16-34)39-33(28)15-19-7-5-8-20(11-19)21-9-6-10-22(12-21)30(37)38/h2*9-14,17-18,23-24,29-34,42-43H,7-8,15-16,19-22H2,1-6H3,(H,38,44)(H,39,45);5-12,17-18,23-28,34-35H,13-16H2,1-4H3,(H,32,36)(H,37,38)/t2*23-,24-,29+,30-,31-,32-,33+,34-;17-,18-,23+,24-,25-,26-,27+,28-/m000/s1. The van der Waals surface area contributed by atoms with Gasteiger partial charge >= 0.3 is 5.97 Å². The third-order valence-corrected chi connectivity index (χ3v) is 32.0. The molecule has 131 heavy (non-hydrogen) atoms. The van der Waals surface area contributed by atoms with Crippen LogP contribution in [0.25, 0.3) is 33.4 Å². The van der Waals surface area contributed by atoms with Crippen LogP contribution in [0.5, 0.6) is 0 Å². The summed E-state index contributed by atoms with van der Waals surface area (Å²) in [6.07, 6.45) is 5.82. The normalized spacial score (nSPS) is 30.2. The lowest BCUT2D eigenvalue weighted by Crippen LogP contribution is -2.62. The van der Waals surface area contributed by atoms with Crippen LogP contribution in [0.4, 0.5) is 0 Å².